The van der Waals surface area contributed by atoms with Crippen LogP contribution in [0.1, 0.15) is 0 Å². The van der Waals surface area contributed by atoms with E-state index in [4.69, 9.17) is 0 Å². The fourth-order valence-corrected chi connectivity index (χ4v) is 2.68. The highest BCUT2D eigenvalue weighted by Crippen LogP contribution is 2.28. The molecule has 0 fully saturated rings. The molecule has 0 aliphatic carbocycles. The quantitative estimate of drug-likeness (QED) is 0.517. The number of hydrogen-bond acceptors (Lipinski definition) is 1. The average molecular weight is 270 g/mol. The van der Waals surface area contributed by atoms with Crippen molar-refractivity contribution in [3.8, 4) is 22.4 Å². The number of benzene rings is 1. The summed E-state index contributed by atoms with van der Waals surface area (Å²) in [7, 11) is 0. The van der Waals surface area contributed by atoms with Crippen molar-refractivity contribution < 1.29 is 0 Å². The third-order valence-corrected chi connectivity index (χ3v) is 3.70. The van der Waals surface area contributed by atoms with Crippen molar-refractivity contribution in [3.63, 3.8) is 0 Å². The van der Waals surface area contributed by atoms with Gasteiger partial charge in [-0.15, -0.1) is 0 Å². The molecular weight excluding hydrogens is 256 g/mol. The molecule has 0 amide bonds. The third-order valence-electron chi connectivity index (χ3n) is 3.70. The molecule has 0 radical (unpaired) electrons. The maximum atomic E-state index is 4.43. The van der Waals surface area contributed by atoms with Crippen molar-refractivity contribution in [1.82, 2.24) is 9.38 Å². The molecule has 0 N–H and O–H groups in total. The molecule has 0 saturated heterocycles. The lowest BCUT2D eigenvalue weighted by molar-refractivity contribution is 1.20. The molecule has 0 unspecified atom stereocenters. The maximum Gasteiger partial charge on any atom is 0.0702 e. The van der Waals surface area contributed by atoms with E-state index < -0.39 is 0 Å². The fourth-order valence-electron chi connectivity index (χ4n) is 2.68. The highest BCUT2D eigenvalue weighted by atomic mass is 14.8. The Morgan fingerprint density at radius 1 is 0.714 bits per heavy atom. The Balaban J connectivity index is 1.87. The summed E-state index contributed by atoms with van der Waals surface area (Å²) in [6, 6.07) is 22.9. The molecule has 1 aromatic carbocycles. The zero-order valence-electron chi connectivity index (χ0n) is 11.5. The van der Waals surface area contributed by atoms with Crippen LogP contribution in [0.2, 0.25) is 0 Å². The van der Waals surface area contributed by atoms with Crippen molar-refractivity contribution in [2.75, 3.05) is 0 Å². The number of pyridine rings is 2. The van der Waals surface area contributed by atoms with Gasteiger partial charge in [-0.2, -0.15) is 0 Å². The molecular formula is C19H14N2. The summed E-state index contributed by atoms with van der Waals surface area (Å²) in [5, 5.41) is 0. The van der Waals surface area contributed by atoms with Gasteiger partial charge in [0.2, 0.25) is 0 Å². The van der Waals surface area contributed by atoms with Gasteiger partial charge in [0.15, 0.2) is 0 Å². The van der Waals surface area contributed by atoms with Gasteiger partial charge in [-0.1, -0.05) is 30.3 Å². The first-order chi connectivity index (χ1) is 10.4. The monoisotopic (exact) mass is 270 g/mol. The highest BCUT2D eigenvalue weighted by molar-refractivity contribution is 5.83. The van der Waals surface area contributed by atoms with Gasteiger partial charge in [0, 0.05) is 29.7 Å². The molecule has 2 heteroatoms. The number of rotatable bonds is 2. The number of fused-ring (bicyclic) bond motifs is 1. The molecule has 0 bridgehead atoms. The van der Waals surface area contributed by atoms with Gasteiger partial charge < -0.3 is 4.40 Å². The van der Waals surface area contributed by atoms with E-state index in [0.29, 0.717) is 0 Å². The molecule has 0 aliphatic rings. The van der Waals surface area contributed by atoms with Gasteiger partial charge in [0.25, 0.3) is 0 Å². The van der Waals surface area contributed by atoms with Crippen LogP contribution in [-0.4, -0.2) is 9.38 Å². The van der Waals surface area contributed by atoms with Gasteiger partial charge >= 0.3 is 0 Å². The molecule has 0 saturated carbocycles. The zero-order chi connectivity index (χ0) is 14.1. The van der Waals surface area contributed by atoms with E-state index in [1.807, 2.05) is 30.5 Å². The largest absolute Gasteiger partial charge is 0.323 e. The summed E-state index contributed by atoms with van der Waals surface area (Å²) in [6.07, 6.45) is 6.00. The van der Waals surface area contributed by atoms with Crippen molar-refractivity contribution in [2.45, 2.75) is 0 Å². The van der Waals surface area contributed by atoms with Gasteiger partial charge in [-0.05, 0) is 42.0 Å². The van der Waals surface area contributed by atoms with E-state index in [1.54, 1.807) is 0 Å². The number of nitrogens with zero attached hydrogens (tertiary/aromatic N) is 2. The van der Waals surface area contributed by atoms with E-state index in [-0.39, 0.29) is 0 Å². The second-order valence-corrected chi connectivity index (χ2v) is 5.02. The van der Waals surface area contributed by atoms with Gasteiger partial charge in [-0.3, -0.25) is 4.98 Å². The van der Waals surface area contributed by atoms with Crippen LogP contribution >= 0.6 is 0 Å². The normalized spacial score (nSPS) is 10.9. The topological polar surface area (TPSA) is 17.3 Å². The van der Waals surface area contributed by atoms with Crippen LogP contribution in [0.4, 0.5) is 0 Å². The summed E-state index contributed by atoms with van der Waals surface area (Å²) in [6.45, 7) is 0. The Kier molecular flexibility index (Phi) is 2.79. The second-order valence-electron chi connectivity index (χ2n) is 5.02. The summed E-state index contributed by atoms with van der Waals surface area (Å²) >= 11 is 0. The average Bonchev–Trinajstić information content (AvgIpc) is 3.00. The first kappa shape index (κ1) is 11.9. The fraction of sp³-hybridized carbons (Fsp3) is 0. The molecule has 100 valence electrons. The van der Waals surface area contributed by atoms with Gasteiger partial charge in [-0.25, -0.2) is 0 Å². The summed E-state index contributed by atoms with van der Waals surface area (Å²) in [5.41, 5.74) is 5.82. The van der Waals surface area contributed by atoms with Gasteiger partial charge in [0.1, 0.15) is 0 Å². The Hall–Kier alpha value is -2.87. The first-order valence-electron chi connectivity index (χ1n) is 6.99. The lowest BCUT2D eigenvalue weighted by Gasteiger charge is -2.05. The predicted octanol–water partition coefficient (Wildman–Crippen LogP) is 4.67. The molecule has 3 heterocycles. The Labute approximate surface area is 123 Å². The standard InChI is InChI=1S/C19H14N2/c1-3-11-20-18(8-1)16-7-5-6-15(14-16)17-10-13-21-12-4-2-9-19(17)21/h1-14H. The highest BCUT2D eigenvalue weighted by Gasteiger charge is 2.06. The SMILES string of the molecule is c1ccc(-c2cccc(-c3ccn4ccccc34)c2)nc1. The summed E-state index contributed by atoms with van der Waals surface area (Å²) in [5.74, 6) is 0. The lowest BCUT2D eigenvalue weighted by Crippen LogP contribution is -1.84. The maximum absolute atomic E-state index is 4.43. The second kappa shape index (κ2) is 4.91. The third kappa shape index (κ3) is 2.11. The minimum atomic E-state index is 1.00. The molecule has 21 heavy (non-hydrogen) atoms. The summed E-state index contributed by atoms with van der Waals surface area (Å²) < 4.78 is 2.14. The van der Waals surface area contributed by atoms with Crippen molar-refractivity contribution in [1.29, 1.82) is 0 Å². The van der Waals surface area contributed by atoms with Crippen LogP contribution in [0.5, 0.6) is 0 Å². The van der Waals surface area contributed by atoms with E-state index in [2.05, 4.69) is 64.2 Å². The van der Waals surface area contributed by atoms with Crippen LogP contribution in [-0.2, 0) is 0 Å². The van der Waals surface area contributed by atoms with E-state index in [0.717, 1.165) is 11.3 Å². The first-order valence-corrected chi connectivity index (χ1v) is 6.99. The Morgan fingerprint density at radius 3 is 2.52 bits per heavy atom. The molecule has 3 aromatic heterocycles. The van der Waals surface area contributed by atoms with Crippen molar-refractivity contribution in [2.24, 2.45) is 0 Å². The zero-order valence-corrected chi connectivity index (χ0v) is 11.5. The molecule has 0 spiro atoms. The van der Waals surface area contributed by atoms with Gasteiger partial charge in [0.05, 0.1) is 11.2 Å². The Morgan fingerprint density at radius 2 is 1.62 bits per heavy atom. The van der Waals surface area contributed by atoms with Crippen LogP contribution in [0.3, 0.4) is 0 Å². The van der Waals surface area contributed by atoms with Crippen molar-refractivity contribution in [3.05, 3.63) is 85.3 Å². The van der Waals surface area contributed by atoms with E-state index in [1.165, 1.54) is 16.6 Å². The number of aromatic nitrogens is 2. The van der Waals surface area contributed by atoms with Crippen LogP contribution < -0.4 is 0 Å². The number of hydrogen-bond donors (Lipinski definition) is 0. The molecule has 4 aromatic rings. The molecule has 2 nitrogen and oxygen atoms in total. The Bertz CT molecular complexity index is 892. The van der Waals surface area contributed by atoms with Crippen LogP contribution in [0, 0.1) is 0 Å². The minimum absolute atomic E-state index is 1.00. The predicted molar refractivity (Wildman–Crippen MR) is 86.1 cm³/mol. The smallest absolute Gasteiger partial charge is 0.0702 e. The molecule has 4 rings (SSSR count). The van der Waals surface area contributed by atoms with Crippen molar-refractivity contribution >= 4 is 5.52 Å². The molecule has 0 atom stereocenters. The lowest BCUT2D eigenvalue weighted by atomic mass is 10.0. The van der Waals surface area contributed by atoms with Crippen LogP contribution in [0.15, 0.2) is 85.3 Å². The minimum Gasteiger partial charge on any atom is -0.323 e. The van der Waals surface area contributed by atoms with Crippen LogP contribution in [0.25, 0.3) is 27.9 Å². The van der Waals surface area contributed by atoms with E-state index >= 15 is 0 Å². The summed E-state index contributed by atoms with van der Waals surface area (Å²) in [4.78, 5) is 4.43. The van der Waals surface area contributed by atoms with E-state index in [9.17, 15) is 0 Å². The molecule has 0 aliphatic heterocycles.